The minimum atomic E-state index is -0.711. The maximum atomic E-state index is 11.0. The summed E-state index contributed by atoms with van der Waals surface area (Å²) in [5.74, 6) is -0.494. The minimum absolute atomic E-state index is 0.171. The Morgan fingerprint density at radius 1 is 1.32 bits per heavy atom. The maximum absolute atomic E-state index is 11.0. The fourth-order valence-corrected chi connectivity index (χ4v) is 2.83. The van der Waals surface area contributed by atoms with Crippen LogP contribution in [-0.2, 0) is 9.08 Å². The number of hydrogen-bond acceptors (Lipinski definition) is 4. The lowest BCUT2D eigenvalue weighted by Crippen LogP contribution is -2.03. The zero-order valence-corrected chi connectivity index (χ0v) is 16.2. The molecule has 0 aliphatic carbocycles. The van der Waals surface area contributed by atoms with Crippen molar-refractivity contribution in [2.75, 3.05) is 0 Å². The van der Waals surface area contributed by atoms with Crippen LogP contribution in [0.4, 0.5) is 0 Å². The first-order chi connectivity index (χ1) is 12.1. The van der Waals surface area contributed by atoms with Crippen molar-refractivity contribution in [2.24, 2.45) is 0 Å². The van der Waals surface area contributed by atoms with Gasteiger partial charge in [0.05, 0.1) is 6.10 Å². The maximum Gasteiger partial charge on any atom is 0.324 e. The van der Waals surface area contributed by atoms with Gasteiger partial charge in [-0.1, -0.05) is 56.4 Å². The minimum Gasteiger partial charge on any atom is -0.388 e. The summed E-state index contributed by atoms with van der Waals surface area (Å²) in [4.78, 5) is 15.1. The van der Waals surface area contributed by atoms with Crippen LogP contribution in [-0.4, -0.2) is 16.1 Å². The molecule has 0 fully saturated rings. The second-order valence-electron chi connectivity index (χ2n) is 6.10. The first kappa shape index (κ1) is 21.9. The van der Waals surface area contributed by atoms with Gasteiger partial charge in [0.2, 0.25) is 0 Å². The zero-order chi connectivity index (χ0) is 18.5. The van der Waals surface area contributed by atoms with E-state index in [1.165, 1.54) is 25.7 Å². The Balaban J connectivity index is 2.57. The molecule has 1 aromatic rings. The van der Waals surface area contributed by atoms with Gasteiger partial charge in [-0.25, -0.2) is 4.98 Å². The third-order valence-electron chi connectivity index (χ3n) is 4.01. The van der Waals surface area contributed by atoms with Gasteiger partial charge in [0.25, 0.3) is 0 Å². The van der Waals surface area contributed by atoms with Crippen molar-refractivity contribution in [3.8, 4) is 0 Å². The summed E-state index contributed by atoms with van der Waals surface area (Å²) in [6, 6.07) is 1.75. The van der Waals surface area contributed by atoms with Gasteiger partial charge < -0.3 is 9.40 Å². The monoisotopic (exact) mass is 387 g/mol. The van der Waals surface area contributed by atoms with Crippen LogP contribution in [0, 0.1) is 0 Å². The Morgan fingerprint density at radius 2 is 2.08 bits per heavy atom. The molecule has 140 valence electrons. The highest BCUT2D eigenvalue weighted by Gasteiger charge is 2.13. The number of unbranched alkanes of at least 4 members (excludes halogenated alkanes) is 5. The molecule has 1 atom stereocenters. The van der Waals surface area contributed by atoms with Crippen molar-refractivity contribution in [1.29, 1.82) is 0 Å². The van der Waals surface area contributed by atoms with E-state index in [4.69, 9.17) is 23.5 Å². The molecule has 1 heterocycles. The van der Waals surface area contributed by atoms with Gasteiger partial charge in [0.15, 0.2) is 0 Å². The Kier molecular flexibility index (Phi) is 11.5. The highest BCUT2D eigenvalue weighted by molar-refractivity contribution is 6.29. The van der Waals surface area contributed by atoms with E-state index in [9.17, 15) is 9.90 Å². The van der Waals surface area contributed by atoms with Crippen LogP contribution in [0.2, 0.25) is 5.15 Å². The molecule has 1 N–H and O–H groups in total. The first-order valence-corrected chi connectivity index (χ1v) is 9.58. The number of allylic oxidation sites excluding steroid dienone is 1. The van der Waals surface area contributed by atoms with E-state index in [1.54, 1.807) is 12.3 Å². The standard InChI is InChI=1S/C19H27Cl2NO3/c1-2-3-4-5-6-7-8-10-15-13-18(20)22-14-16(15)17(23)11-9-12-19(24)25-21/h8,10,13-14,17,23H,2-7,9,11-12H2,1H3/b10-8+. The van der Waals surface area contributed by atoms with Crippen LogP contribution < -0.4 is 0 Å². The molecule has 0 amide bonds. The molecule has 0 aliphatic heterocycles. The van der Waals surface area contributed by atoms with E-state index in [0.717, 1.165) is 18.4 Å². The molecule has 0 bridgehead atoms. The van der Waals surface area contributed by atoms with Crippen LogP contribution in [0.1, 0.15) is 81.9 Å². The number of rotatable bonds is 12. The van der Waals surface area contributed by atoms with Crippen LogP contribution in [0.25, 0.3) is 6.08 Å². The molecule has 0 saturated heterocycles. The van der Waals surface area contributed by atoms with Crippen LogP contribution in [0.15, 0.2) is 18.3 Å². The second-order valence-corrected chi connectivity index (χ2v) is 6.64. The number of carbonyl (C=O) groups is 1. The van der Waals surface area contributed by atoms with E-state index >= 15 is 0 Å². The second kappa shape index (κ2) is 13.2. The summed E-state index contributed by atoms with van der Waals surface area (Å²) in [6.45, 7) is 2.21. The van der Waals surface area contributed by atoms with Crippen molar-refractivity contribution in [2.45, 2.75) is 70.8 Å². The highest BCUT2D eigenvalue weighted by Crippen LogP contribution is 2.25. The van der Waals surface area contributed by atoms with E-state index in [-0.39, 0.29) is 6.42 Å². The summed E-state index contributed by atoms with van der Waals surface area (Å²) in [5.41, 5.74) is 1.58. The number of pyridine rings is 1. The molecule has 0 spiro atoms. The van der Waals surface area contributed by atoms with Crippen molar-refractivity contribution < 1.29 is 14.2 Å². The predicted molar refractivity (Wildman–Crippen MR) is 102 cm³/mol. The lowest BCUT2D eigenvalue weighted by Gasteiger charge is -2.13. The molecule has 0 aromatic carbocycles. The first-order valence-electron chi connectivity index (χ1n) is 8.90. The number of nitrogens with zero attached hydrogens (tertiary/aromatic N) is 1. The number of aliphatic hydroxyl groups excluding tert-OH is 1. The van der Waals surface area contributed by atoms with Crippen molar-refractivity contribution in [3.63, 3.8) is 0 Å². The fraction of sp³-hybridized carbons (Fsp3) is 0.579. The quantitative estimate of drug-likeness (QED) is 0.352. The van der Waals surface area contributed by atoms with E-state index in [1.807, 2.05) is 6.08 Å². The molecular weight excluding hydrogens is 361 g/mol. The van der Waals surface area contributed by atoms with E-state index < -0.39 is 12.1 Å². The van der Waals surface area contributed by atoms with Gasteiger partial charge >= 0.3 is 5.97 Å². The molecule has 0 saturated carbocycles. The third-order valence-corrected chi connectivity index (χ3v) is 4.39. The van der Waals surface area contributed by atoms with Gasteiger partial charge in [0, 0.05) is 18.2 Å². The van der Waals surface area contributed by atoms with E-state index in [0.29, 0.717) is 23.6 Å². The van der Waals surface area contributed by atoms with Gasteiger partial charge in [-0.05, 0) is 37.3 Å². The van der Waals surface area contributed by atoms with Crippen LogP contribution in [0.5, 0.6) is 0 Å². The van der Waals surface area contributed by atoms with Gasteiger partial charge in [0.1, 0.15) is 17.0 Å². The van der Waals surface area contributed by atoms with E-state index in [2.05, 4.69) is 22.3 Å². The Hall–Kier alpha value is -1.10. The summed E-state index contributed by atoms with van der Waals surface area (Å²) >= 11 is 11.0. The molecule has 0 aliphatic rings. The summed E-state index contributed by atoms with van der Waals surface area (Å²) < 4.78 is 4.09. The lowest BCUT2D eigenvalue weighted by atomic mass is 10.00. The molecule has 25 heavy (non-hydrogen) atoms. The predicted octanol–water partition coefficient (Wildman–Crippen LogP) is 6.01. The number of aromatic nitrogens is 1. The average molecular weight is 388 g/mol. The van der Waals surface area contributed by atoms with Crippen molar-refractivity contribution >= 4 is 35.5 Å². The number of carbonyl (C=O) groups excluding carboxylic acids is 1. The normalized spacial score (nSPS) is 12.5. The molecule has 6 heteroatoms. The average Bonchev–Trinajstić information content (AvgIpc) is 2.60. The summed E-state index contributed by atoms with van der Waals surface area (Å²) in [7, 11) is 0. The van der Waals surface area contributed by atoms with Crippen molar-refractivity contribution in [1.82, 2.24) is 4.98 Å². The largest absolute Gasteiger partial charge is 0.388 e. The van der Waals surface area contributed by atoms with Crippen LogP contribution >= 0.6 is 23.5 Å². The van der Waals surface area contributed by atoms with Crippen LogP contribution in [0.3, 0.4) is 0 Å². The highest BCUT2D eigenvalue weighted by atomic mass is 35.5. The molecule has 1 rings (SSSR count). The topological polar surface area (TPSA) is 59.4 Å². The number of aliphatic hydroxyl groups is 1. The lowest BCUT2D eigenvalue weighted by molar-refractivity contribution is -0.134. The SMILES string of the molecule is CCCCCCC/C=C/c1cc(Cl)ncc1C(O)CCCC(=O)OCl. The van der Waals surface area contributed by atoms with Gasteiger partial charge in [-0.15, -0.1) is 0 Å². The smallest absolute Gasteiger partial charge is 0.324 e. The molecule has 0 radical (unpaired) electrons. The zero-order valence-electron chi connectivity index (χ0n) is 14.7. The Morgan fingerprint density at radius 3 is 2.80 bits per heavy atom. The fourth-order valence-electron chi connectivity index (χ4n) is 2.59. The summed E-state index contributed by atoms with van der Waals surface area (Å²) in [6.07, 6.45) is 13.3. The Labute approximate surface area is 160 Å². The van der Waals surface area contributed by atoms with Crippen molar-refractivity contribution in [3.05, 3.63) is 34.6 Å². The van der Waals surface area contributed by atoms with Gasteiger partial charge in [-0.2, -0.15) is 0 Å². The summed E-state index contributed by atoms with van der Waals surface area (Å²) in [5, 5.41) is 10.8. The molecule has 1 unspecified atom stereocenters. The molecule has 1 aromatic heterocycles. The molecular formula is C19H27Cl2NO3. The third kappa shape index (κ3) is 9.24. The van der Waals surface area contributed by atoms with Gasteiger partial charge in [-0.3, -0.25) is 4.79 Å². The molecule has 4 nitrogen and oxygen atoms in total. The Bertz CT molecular complexity index is 549. The number of hydrogen-bond donors (Lipinski definition) is 1. The number of halogens is 2.